The average molecular weight is 156 g/mol. The molecular formula is C9H18NO. The second-order valence-corrected chi connectivity index (χ2v) is 4.03. The predicted molar refractivity (Wildman–Crippen MR) is 47.1 cm³/mol. The molecule has 0 fully saturated rings. The van der Waals surface area contributed by atoms with Crippen LogP contribution < -0.4 is 0 Å². The molecule has 0 N–H and O–H groups in total. The molecule has 65 valence electrons. The van der Waals surface area contributed by atoms with Crippen molar-refractivity contribution in [1.82, 2.24) is 4.90 Å². The Hall–Kier alpha value is -0.530. The van der Waals surface area contributed by atoms with Crippen LogP contribution in [0.1, 0.15) is 34.6 Å². The van der Waals surface area contributed by atoms with Crippen LogP contribution in [0.25, 0.3) is 0 Å². The number of hydrogen-bond donors (Lipinski definition) is 0. The number of amides is 1. The van der Waals surface area contributed by atoms with Gasteiger partial charge in [0, 0.05) is 18.5 Å². The van der Waals surface area contributed by atoms with Gasteiger partial charge in [-0.05, 0) is 34.6 Å². The minimum Gasteiger partial charge on any atom is -0.335 e. The second kappa shape index (κ2) is 3.24. The second-order valence-electron chi connectivity index (χ2n) is 4.03. The molecule has 0 heterocycles. The van der Waals surface area contributed by atoms with E-state index in [-0.39, 0.29) is 17.5 Å². The topological polar surface area (TPSA) is 20.3 Å². The maximum atomic E-state index is 11.0. The van der Waals surface area contributed by atoms with Crippen LogP contribution in [0.15, 0.2) is 0 Å². The van der Waals surface area contributed by atoms with Gasteiger partial charge in [-0.15, -0.1) is 0 Å². The summed E-state index contributed by atoms with van der Waals surface area (Å²) in [6, 6.07) is 0.222. The molecule has 2 nitrogen and oxygen atoms in total. The van der Waals surface area contributed by atoms with E-state index in [1.807, 2.05) is 34.6 Å². The lowest BCUT2D eigenvalue weighted by molar-refractivity contribution is -0.133. The van der Waals surface area contributed by atoms with Crippen molar-refractivity contribution < 1.29 is 4.79 Å². The van der Waals surface area contributed by atoms with Crippen LogP contribution in [0.2, 0.25) is 0 Å². The number of hydrogen-bond acceptors (Lipinski definition) is 1. The highest BCUT2D eigenvalue weighted by Crippen LogP contribution is 2.16. The summed E-state index contributed by atoms with van der Waals surface area (Å²) in [5.41, 5.74) is -0.118. The van der Waals surface area contributed by atoms with Crippen molar-refractivity contribution in [3.05, 3.63) is 6.92 Å². The minimum atomic E-state index is -0.118. The highest BCUT2D eigenvalue weighted by Gasteiger charge is 2.25. The fourth-order valence-electron chi connectivity index (χ4n) is 1.44. The Balaban J connectivity index is 4.49. The summed E-state index contributed by atoms with van der Waals surface area (Å²) >= 11 is 0. The first-order valence-electron chi connectivity index (χ1n) is 3.92. The molecule has 1 radical (unpaired) electrons. The third-order valence-corrected chi connectivity index (χ3v) is 1.51. The Kier molecular flexibility index (Phi) is 3.09. The van der Waals surface area contributed by atoms with Gasteiger partial charge in [0.15, 0.2) is 0 Å². The molecule has 0 aliphatic rings. The molecule has 0 unspecified atom stereocenters. The fourth-order valence-corrected chi connectivity index (χ4v) is 1.44. The Morgan fingerprint density at radius 1 is 1.36 bits per heavy atom. The van der Waals surface area contributed by atoms with Crippen LogP contribution in [0, 0.1) is 6.92 Å². The molecule has 0 rings (SSSR count). The maximum absolute atomic E-state index is 11.0. The van der Waals surface area contributed by atoms with E-state index in [9.17, 15) is 4.79 Å². The largest absolute Gasteiger partial charge is 0.335 e. The molecule has 0 atom stereocenters. The zero-order valence-electron chi connectivity index (χ0n) is 8.14. The van der Waals surface area contributed by atoms with E-state index < -0.39 is 0 Å². The van der Waals surface area contributed by atoms with Crippen LogP contribution in [0.3, 0.4) is 0 Å². The highest BCUT2D eigenvalue weighted by atomic mass is 16.2. The molecule has 0 spiro atoms. The van der Waals surface area contributed by atoms with Crippen LogP contribution in [0.5, 0.6) is 0 Å². The molecule has 1 amide bonds. The average Bonchev–Trinajstić information content (AvgIpc) is 1.54. The lowest BCUT2D eigenvalue weighted by Gasteiger charge is -2.38. The first-order valence-corrected chi connectivity index (χ1v) is 3.92. The summed E-state index contributed by atoms with van der Waals surface area (Å²) in [5.74, 6) is -0.104. The van der Waals surface area contributed by atoms with Crippen molar-refractivity contribution in [2.75, 3.05) is 0 Å². The van der Waals surface area contributed by atoms with Crippen molar-refractivity contribution in [2.24, 2.45) is 0 Å². The van der Waals surface area contributed by atoms with Crippen LogP contribution in [0.4, 0.5) is 0 Å². The molecule has 0 saturated heterocycles. The van der Waals surface area contributed by atoms with E-state index in [0.29, 0.717) is 0 Å². The summed E-state index contributed by atoms with van der Waals surface area (Å²) in [4.78, 5) is 12.8. The summed E-state index contributed by atoms with van der Waals surface area (Å²) in [7, 11) is 0. The third-order valence-electron chi connectivity index (χ3n) is 1.51. The molecule has 0 bridgehead atoms. The van der Waals surface area contributed by atoms with Gasteiger partial charge in [0.25, 0.3) is 0 Å². The zero-order chi connectivity index (χ0) is 9.23. The van der Waals surface area contributed by atoms with Gasteiger partial charge in [0.1, 0.15) is 0 Å². The van der Waals surface area contributed by atoms with Gasteiger partial charge in [0.2, 0.25) is 5.91 Å². The van der Waals surface area contributed by atoms with Crippen LogP contribution in [-0.4, -0.2) is 22.4 Å². The smallest absolute Gasteiger partial charge is 0.223 e. The van der Waals surface area contributed by atoms with Crippen molar-refractivity contribution >= 4 is 5.91 Å². The summed E-state index contributed by atoms with van der Waals surface area (Å²) in [6.07, 6.45) is 0. The van der Waals surface area contributed by atoms with Crippen LogP contribution >= 0.6 is 0 Å². The summed E-state index contributed by atoms with van der Waals surface area (Å²) in [5, 5.41) is 0. The predicted octanol–water partition coefficient (Wildman–Crippen LogP) is 1.86. The molecule has 0 aromatic carbocycles. The van der Waals surface area contributed by atoms with Crippen molar-refractivity contribution in [2.45, 2.75) is 46.2 Å². The molecular weight excluding hydrogens is 138 g/mol. The zero-order valence-corrected chi connectivity index (χ0v) is 8.14. The molecule has 0 aromatic heterocycles. The van der Waals surface area contributed by atoms with Crippen molar-refractivity contribution in [3.8, 4) is 0 Å². The standard InChI is InChI=1S/C9H18NO/c1-7(2)10(8(3)11)9(4,5)6/h7H,3H2,1-2,4-6H3. The monoisotopic (exact) mass is 156 g/mol. The maximum Gasteiger partial charge on any atom is 0.223 e. The van der Waals surface area contributed by atoms with Crippen LogP contribution in [-0.2, 0) is 4.79 Å². The summed E-state index contributed by atoms with van der Waals surface area (Å²) in [6.45, 7) is 13.4. The third kappa shape index (κ3) is 2.91. The van der Waals surface area contributed by atoms with Crippen molar-refractivity contribution in [3.63, 3.8) is 0 Å². The quantitative estimate of drug-likeness (QED) is 0.567. The van der Waals surface area contributed by atoms with Gasteiger partial charge in [-0.3, -0.25) is 4.79 Å². The van der Waals surface area contributed by atoms with E-state index in [1.54, 1.807) is 4.90 Å². The van der Waals surface area contributed by atoms with E-state index in [4.69, 9.17) is 0 Å². The van der Waals surface area contributed by atoms with Gasteiger partial charge in [0.05, 0.1) is 0 Å². The Bertz CT molecular complexity index is 144. The first kappa shape index (κ1) is 10.5. The molecule has 2 heteroatoms. The van der Waals surface area contributed by atoms with Crippen molar-refractivity contribution in [1.29, 1.82) is 0 Å². The molecule has 0 aliphatic carbocycles. The number of carbonyl (C=O) groups is 1. The highest BCUT2D eigenvalue weighted by molar-refractivity contribution is 5.81. The fraction of sp³-hybridized carbons (Fsp3) is 0.778. The van der Waals surface area contributed by atoms with E-state index >= 15 is 0 Å². The Morgan fingerprint density at radius 3 is 1.73 bits per heavy atom. The SMILES string of the molecule is [CH2]C(=O)N(C(C)C)C(C)(C)C. The lowest BCUT2D eigenvalue weighted by Crippen LogP contribution is -2.48. The first-order chi connectivity index (χ1) is 4.76. The molecule has 0 aromatic rings. The van der Waals surface area contributed by atoms with Gasteiger partial charge >= 0.3 is 0 Å². The Labute approximate surface area is 69.6 Å². The molecule has 0 aliphatic heterocycles. The molecule has 0 saturated carbocycles. The van der Waals surface area contributed by atoms with Gasteiger partial charge < -0.3 is 4.90 Å². The Morgan fingerprint density at radius 2 is 1.73 bits per heavy atom. The van der Waals surface area contributed by atoms with Gasteiger partial charge in [-0.2, -0.15) is 0 Å². The number of rotatable bonds is 1. The van der Waals surface area contributed by atoms with E-state index in [1.165, 1.54) is 0 Å². The lowest BCUT2D eigenvalue weighted by atomic mass is 10.0. The van der Waals surface area contributed by atoms with Gasteiger partial charge in [-0.1, -0.05) is 0 Å². The minimum absolute atomic E-state index is 0.104. The van der Waals surface area contributed by atoms with E-state index in [0.717, 1.165) is 0 Å². The van der Waals surface area contributed by atoms with Gasteiger partial charge in [-0.25, -0.2) is 0 Å². The molecule has 11 heavy (non-hydrogen) atoms. The normalized spacial score (nSPS) is 11.9. The number of carbonyl (C=O) groups excluding carboxylic acids is 1. The van der Waals surface area contributed by atoms with E-state index in [2.05, 4.69) is 6.92 Å². The number of nitrogens with zero attached hydrogens (tertiary/aromatic N) is 1. The summed E-state index contributed by atoms with van der Waals surface area (Å²) < 4.78 is 0.